The smallest absolute Gasteiger partial charge is 0.167 e. The number of imidazole rings is 1. The van der Waals surface area contributed by atoms with Crippen molar-refractivity contribution in [2.24, 2.45) is 0 Å². The van der Waals surface area contributed by atoms with Crippen LogP contribution < -0.4 is 5.32 Å². The van der Waals surface area contributed by atoms with E-state index in [2.05, 4.69) is 20.3 Å². The summed E-state index contributed by atoms with van der Waals surface area (Å²) in [4.78, 5) is 12.3. The maximum Gasteiger partial charge on any atom is 0.167 e. The molecule has 22 heavy (non-hydrogen) atoms. The molecule has 3 unspecified atom stereocenters. The first kappa shape index (κ1) is 15.1. The first-order chi connectivity index (χ1) is 10.7. The molecule has 0 saturated carbocycles. The average molecular weight is 311 g/mol. The summed E-state index contributed by atoms with van der Waals surface area (Å²) in [7, 11) is 0. The third kappa shape index (κ3) is 2.40. The number of aromatic nitrogens is 4. The van der Waals surface area contributed by atoms with Crippen molar-refractivity contribution in [3.8, 4) is 0 Å². The molecule has 0 aliphatic carbocycles. The van der Waals surface area contributed by atoms with Gasteiger partial charge >= 0.3 is 0 Å². The van der Waals surface area contributed by atoms with Gasteiger partial charge in [0.25, 0.3) is 0 Å². The number of nitrogens with zero attached hydrogens (tertiary/aromatic N) is 4. The minimum atomic E-state index is -1.21. The van der Waals surface area contributed by atoms with Crippen molar-refractivity contribution in [3.63, 3.8) is 0 Å². The molecule has 1 saturated heterocycles. The van der Waals surface area contributed by atoms with Crippen LogP contribution in [-0.2, 0) is 4.74 Å². The fourth-order valence-electron chi connectivity index (χ4n) is 2.45. The summed E-state index contributed by atoms with van der Waals surface area (Å²) in [5, 5.41) is 40.8. The number of nitrogens with one attached hydrogen (secondary N) is 1. The van der Waals surface area contributed by atoms with Crippen molar-refractivity contribution in [2.75, 3.05) is 25.1 Å². The molecule has 2 aromatic rings. The van der Waals surface area contributed by atoms with Crippen molar-refractivity contribution < 1.29 is 25.2 Å². The Morgan fingerprint density at radius 3 is 2.68 bits per heavy atom. The summed E-state index contributed by atoms with van der Waals surface area (Å²) >= 11 is 0. The molecular weight excluding hydrogens is 294 g/mol. The van der Waals surface area contributed by atoms with Crippen molar-refractivity contribution in [2.45, 2.75) is 24.5 Å². The van der Waals surface area contributed by atoms with Crippen LogP contribution in [0.4, 0.5) is 5.82 Å². The van der Waals surface area contributed by atoms with Crippen LogP contribution in [-0.4, -0.2) is 78.0 Å². The third-order valence-corrected chi connectivity index (χ3v) is 3.55. The Kier molecular flexibility index (Phi) is 4.18. The van der Waals surface area contributed by atoms with E-state index in [0.717, 1.165) is 0 Å². The second kappa shape index (κ2) is 6.10. The number of hydrogen-bond acceptors (Lipinski definition) is 9. The second-order valence-corrected chi connectivity index (χ2v) is 4.93. The van der Waals surface area contributed by atoms with Crippen LogP contribution in [0.3, 0.4) is 0 Å². The molecule has 3 rings (SSSR count). The van der Waals surface area contributed by atoms with E-state index in [0.29, 0.717) is 23.5 Å². The molecule has 0 bridgehead atoms. The highest BCUT2D eigenvalue weighted by molar-refractivity contribution is 5.82. The second-order valence-electron chi connectivity index (χ2n) is 4.93. The Bertz CT molecular complexity index is 650. The van der Waals surface area contributed by atoms with Crippen LogP contribution in [0.1, 0.15) is 6.23 Å². The summed E-state index contributed by atoms with van der Waals surface area (Å²) in [6.07, 6.45) is -1.44. The fourth-order valence-corrected chi connectivity index (χ4v) is 2.45. The number of hydrogen-bond donors (Lipinski definition) is 5. The van der Waals surface area contributed by atoms with Crippen molar-refractivity contribution >= 4 is 17.0 Å². The Labute approximate surface area is 125 Å². The molecule has 10 nitrogen and oxygen atoms in total. The molecule has 0 aromatic carbocycles. The van der Waals surface area contributed by atoms with Gasteiger partial charge in [-0.15, -0.1) is 0 Å². The lowest BCUT2D eigenvalue weighted by Crippen LogP contribution is -2.33. The molecule has 4 atom stereocenters. The van der Waals surface area contributed by atoms with Gasteiger partial charge in [-0.25, -0.2) is 15.0 Å². The lowest BCUT2D eigenvalue weighted by atomic mass is 10.1. The van der Waals surface area contributed by atoms with Gasteiger partial charge in [0, 0.05) is 6.54 Å². The summed E-state index contributed by atoms with van der Waals surface area (Å²) in [6.45, 7) is -0.145. The number of aliphatic hydroxyl groups is 4. The minimum Gasteiger partial charge on any atom is -0.395 e. The SMILES string of the molecule is OCCNc1ncnc2c1ncn2C1OC(CO)[C@H](O)C1O. The Morgan fingerprint density at radius 2 is 2.00 bits per heavy atom. The number of anilines is 1. The van der Waals surface area contributed by atoms with Crippen molar-refractivity contribution in [1.82, 2.24) is 19.5 Å². The lowest BCUT2D eigenvalue weighted by Gasteiger charge is -2.16. The Hall–Kier alpha value is -1.85. The standard InChI is InChI=1S/C12H17N5O5/c18-2-1-13-10-7-11(15-4-14-10)17(5-16-7)12-9(21)8(20)6(3-19)22-12/h4-6,8-9,12,18-21H,1-3H2,(H,13,14,15)/t6?,8-,9?,12?/m0/s1. The van der Waals surface area contributed by atoms with E-state index >= 15 is 0 Å². The van der Waals surface area contributed by atoms with Crippen molar-refractivity contribution in [1.29, 1.82) is 0 Å². The highest BCUT2D eigenvalue weighted by atomic mass is 16.6. The zero-order valence-corrected chi connectivity index (χ0v) is 11.6. The number of rotatable bonds is 5. The monoisotopic (exact) mass is 311 g/mol. The van der Waals surface area contributed by atoms with E-state index in [1.54, 1.807) is 0 Å². The quantitative estimate of drug-likeness (QED) is 0.417. The number of fused-ring (bicyclic) bond motifs is 1. The topological polar surface area (TPSA) is 146 Å². The maximum atomic E-state index is 10.1. The summed E-state index contributed by atoms with van der Waals surface area (Å²) in [6, 6.07) is 0. The molecule has 1 fully saturated rings. The summed E-state index contributed by atoms with van der Waals surface area (Å²) < 4.78 is 6.94. The molecule has 0 spiro atoms. The Balaban J connectivity index is 1.95. The molecule has 120 valence electrons. The van der Waals surface area contributed by atoms with E-state index in [9.17, 15) is 10.2 Å². The van der Waals surface area contributed by atoms with Crippen LogP contribution in [0.5, 0.6) is 0 Å². The molecule has 3 heterocycles. The zero-order valence-electron chi connectivity index (χ0n) is 11.6. The molecule has 0 radical (unpaired) electrons. The maximum absolute atomic E-state index is 10.1. The van der Waals surface area contributed by atoms with E-state index in [1.165, 1.54) is 17.2 Å². The lowest BCUT2D eigenvalue weighted by molar-refractivity contribution is -0.0511. The first-order valence-electron chi connectivity index (χ1n) is 6.82. The van der Waals surface area contributed by atoms with Gasteiger partial charge in [0.2, 0.25) is 0 Å². The minimum absolute atomic E-state index is 0.0545. The highest BCUT2D eigenvalue weighted by Gasteiger charge is 2.43. The molecule has 1 aliphatic rings. The molecule has 10 heteroatoms. The van der Waals surface area contributed by atoms with Gasteiger partial charge in [-0.05, 0) is 0 Å². The van der Waals surface area contributed by atoms with Crippen LogP contribution in [0.2, 0.25) is 0 Å². The largest absolute Gasteiger partial charge is 0.395 e. The van der Waals surface area contributed by atoms with E-state index in [-0.39, 0.29) is 6.61 Å². The van der Waals surface area contributed by atoms with Gasteiger partial charge in [0.15, 0.2) is 23.2 Å². The number of ether oxygens (including phenoxy) is 1. The van der Waals surface area contributed by atoms with E-state index in [4.69, 9.17) is 14.9 Å². The van der Waals surface area contributed by atoms with Crippen LogP contribution in [0, 0.1) is 0 Å². The number of aliphatic hydroxyl groups excluding tert-OH is 4. The molecular formula is C12H17N5O5. The molecule has 2 aromatic heterocycles. The Morgan fingerprint density at radius 1 is 1.18 bits per heavy atom. The average Bonchev–Trinajstić information content (AvgIpc) is 3.08. The predicted octanol–water partition coefficient (Wildman–Crippen LogP) is -2.16. The normalized spacial score (nSPS) is 28.4. The predicted molar refractivity (Wildman–Crippen MR) is 73.9 cm³/mol. The van der Waals surface area contributed by atoms with Gasteiger partial charge in [-0.1, -0.05) is 0 Å². The van der Waals surface area contributed by atoms with Crippen molar-refractivity contribution in [3.05, 3.63) is 12.7 Å². The van der Waals surface area contributed by atoms with E-state index < -0.39 is 31.1 Å². The van der Waals surface area contributed by atoms with Crippen LogP contribution in [0.25, 0.3) is 11.2 Å². The van der Waals surface area contributed by atoms with E-state index in [1.807, 2.05) is 0 Å². The van der Waals surface area contributed by atoms with Crippen LogP contribution >= 0.6 is 0 Å². The van der Waals surface area contributed by atoms with Gasteiger partial charge in [-0.3, -0.25) is 4.57 Å². The molecule has 1 aliphatic heterocycles. The van der Waals surface area contributed by atoms with Gasteiger partial charge in [-0.2, -0.15) is 0 Å². The summed E-state index contributed by atoms with van der Waals surface area (Å²) in [5.41, 5.74) is 0.860. The zero-order chi connectivity index (χ0) is 15.7. The first-order valence-corrected chi connectivity index (χ1v) is 6.82. The van der Waals surface area contributed by atoms with Gasteiger partial charge in [0.05, 0.1) is 19.5 Å². The van der Waals surface area contributed by atoms with Gasteiger partial charge < -0.3 is 30.5 Å². The molecule has 0 amide bonds. The van der Waals surface area contributed by atoms with Crippen LogP contribution in [0.15, 0.2) is 12.7 Å². The third-order valence-electron chi connectivity index (χ3n) is 3.55. The van der Waals surface area contributed by atoms with Gasteiger partial charge in [0.1, 0.15) is 24.6 Å². The highest BCUT2D eigenvalue weighted by Crippen LogP contribution is 2.31. The molecule has 5 N–H and O–H groups in total. The fraction of sp³-hybridized carbons (Fsp3) is 0.583. The summed E-state index contributed by atoms with van der Waals surface area (Å²) in [5.74, 6) is 0.449.